The van der Waals surface area contributed by atoms with Gasteiger partial charge in [0, 0.05) is 19.4 Å². The topological polar surface area (TPSA) is 134 Å². The number of allylic oxidation sites excluding steroid dienone is 6. The fourth-order valence-electron chi connectivity index (χ4n) is 9.88. The Hall–Kier alpha value is -1.77. The Morgan fingerprint density at radius 2 is 0.684 bits per heavy atom. The van der Waals surface area contributed by atoms with Crippen LogP contribution in [0.1, 0.15) is 341 Å². The molecule has 0 radical (unpaired) electrons. The number of phosphoric acid groups is 1. The second kappa shape index (κ2) is 62.4. The van der Waals surface area contributed by atoms with Gasteiger partial charge in [-0.3, -0.25) is 18.6 Å². The van der Waals surface area contributed by atoms with Crippen molar-refractivity contribution in [3.8, 4) is 0 Å². The molecule has 0 rings (SSSR count). The number of carbonyl (C=O) groups excluding carboxylic acids is 2. The molecule has 0 bridgehead atoms. The predicted molar refractivity (Wildman–Crippen MR) is 326 cm³/mol. The van der Waals surface area contributed by atoms with E-state index in [-0.39, 0.29) is 38.6 Å². The first-order valence-corrected chi connectivity index (χ1v) is 34.5. The first-order chi connectivity index (χ1) is 37.3. The van der Waals surface area contributed by atoms with Crippen molar-refractivity contribution >= 4 is 19.8 Å². The van der Waals surface area contributed by atoms with Crippen molar-refractivity contribution in [2.24, 2.45) is 5.73 Å². The SMILES string of the molecule is CCCCCCC/C=C\C/C=C\C/C=C\CCCCCCCCCCCCCCCCCCCCCCCCCCC(=O)OC(COC(=O)CCCCCCCCCCCCCCCCCC)COP(=O)(O)OCCN. The van der Waals surface area contributed by atoms with Gasteiger partial charge in [-0.1, -0.05) is 314 Å². The summed E-state index contributed by atoms with van der Waals surface area (Å²) in [5, 5.41) is 0. The number of carbonyl (C=O) groups is 2. The van der Waals surface area contributed by atoms with Crippen molar-refractivity contribution in [1.29, 1.82) is 0 Å². The van der Waals surface area contributed by atoms with E-state index >= 15 is 0 Å². The average molecular weight is 1090 g/mol. The Morgan fingerprint density at radius 1 is 0.395 bits per heavy atom. The number of hydrogen-bond acceptors (Lipinski definition) is 8. The molecule has 76 heavy (non-hydrogen) atoms. The zero-order valence-corrected chi connectivity index (χ0v) is 51.2. The van der Waals surface area contributed by atoms with E-state index in [0.717, 1.165) is 44.9 Å². The van der Waals surface area contributed by atoms with E-state index in [2.05, 4.69) is 50.3 Å². The summed E-state index contributed by atoms with van der Waals surface area (Å²) in [4.78, 5) is 35.2. The van der Waals surface area contributed by atoms with Crippen molar-refractivity contribution in [2.75, 3.05) is 26.4 Å². The molecule has 0 amide bonds. The molecule has 0 aliphatic heterocycles. The summed E-state index contributed by atoms with van der Waals surface area (Å²) in [7, 11) is -4.38. The van der Waals surface area contributed by atoms with Gasteiger partial charge in [-0.2, -0.15) is 0 Å². The minimum Gasteiger partial charge on any atom is -0.462 e. The lowest BCUT2D eigenvalue weighted by Gasteiger charge is -2.19. The summed E-state index contributed by atoms with van der Waals surface area (Å²) in [6, 6.07) is 0. The van der Waals surface area contributed by atoms with Gasteiger partial charge in [0.05, 0.1) is 13.2 Å². The maximum Gasteiger partial charge on any atom is 0.472 e. The highest BCUT2D eigenvalue weighted by Gasteiger charge is 2.26. The first kappa shape index (κ1) is 74.2. The smallest absolute Gasteiger partial charge is 0.462 e. The van der Waals surface area contributed by atoms with Gasteiger partial charge in [0.1, 0.15) is 6.61 Å². The van der Waals surface area contributed by atoms with E-state index in [4.69, 9.17) is 24.3 Å². The van der Waals surface area contributed by atoms with Crippen molar-refractivity contribution in [1.82, 2.24) is 0 Å². The maximum absolute atomic E-state index is 12.7. The van der Waals surface area contributed by atoms with Crippen LogP contribution >= 0.6 is 7.82 Å². The molecule has 0 spiro atoms. The highest BCUT2D eigenvalue weighted by atomic mass is 31.2. The molecule has 0 aromatic heterocycles. The van der Waals surface area contributed by atoms with Crippen LogP contribution in [-0.2, 0) is 32.7 Å². The zero-order chi connectivity index (χ0) is 55.2. The molecule has 0 fully saturated rings. The van der Waals surface area contributed by atoms with Crippen LogP contribution < -0.4 is 5.73 Å². The van der Waals surface area contributed by atoms with Gasteiger partial charge in [0.2, 0.25) is 0 Å². The molecule has 448 valence electrons. The Balaban J connectivity index is 3.75. The van der Waals surface area contributed by atoms with Gasteiger partial charge < -0.3 is 20.1 Å². The molecule has 0 aromatic rings. The van der Waals surface area contributed by atoms with Crippen LogP contribution in [0.5, 0.6) is 0 Å². The second-order valence-corrected chi connectivity index (χ2v) is 23.8. The van der Waals surface area contributed by atoms with Gasteiger partial charge in [0.25, 0.3) is 0 Å². The van der Waals surface area contributed by atoms with Crippen LogP contribution in [0, 0.1) is 0 Å². The number of phosphoric ester groups is 1. The van der Waals surface area contributed by atoms with Crippen LogP contribution in [0.15, 0.2) is 36.5 Å². The van der Waals surface area contributed by atoms with Crippen LogP contribution in [-0.4, -0.2) is 49.3 Å². The first-order valence-electron chi connectivity index (χ1n) is 33.0. The largest absolute Gasteiger partial charge is 0.472 e. The molecule has 0 saturated carbocycles. The highest BCUT2D eigenvalue weighted by Crippen LogP contribution is 2.43. The van der Waals surface area contributed by atoms with E-state index in [0.29, 0.717) is 6.42 Å². The van der Waals surface area contributed by atoms with Crippen molar-refractivity contribution < 1.29 is 37.6 Å². The lowest BCUT2D eigenvalue weighted by molar-refractivity contribution is -0.161. The maximum atomic E-state index is 12.7. The Morgan fingerprint density at radius 3 is 1.01 bits per heavy atom. The molecule has 9 nitrogen and oxygen atoms in total. The van der Waals surface area contributed by atoms with E-state index in [1.165, 1.54) is 263 Å². The van der Waals surface area contributed by atoms with Gasteiger partial charge in [-0.25, -0.2) is 4.57 Å². The Kier molecular flexibility index (Phi) is 61.0. The molecule has 0 aliphatic carbocycles. The number of rotatable bonds is 63. The Bertz CT molecular complexity index is 1340. The zero-order valence-electron chi connectivity index (χ0n) is 50.3. The van der Waals surface area contributed by atoms with Gasteiger partial charge >= 0.3 is 19.8 Å². The van der Waals surface area contributed by atoms with Crippen LogP contribution in [0.2, 0.25) is 0 Å². The minimum atomic E-state index is -4.38. The predicted octanol–water partition coefficient (Wildman–Crippen LogP) is 21.1. The standard InChI is InChI=1S/C66H126NO8P/c1-3-5-7-9-11-13-15-17-19-21-22-23-24-25-26-27-28-29-30-31-32-33-34-35-36-37-38-39-40-41-42-43-45-47-49-51-53-55-57-59-66(69)75-64(63-74-76(70,71)73-61-60-67)62-72-65(68)58-56-54-52-50-48-46-44-20-18-16-14-12-10-8-6-4-2/h15,17,21-22,24-25,64H,3-14,16,18-20,23,26-63,67H2,1-2H3,(H,70,71)/b17-15-,22-21-,25-24-. The summed E-state index contributed by atoms with van der Waals surface area (Å²) in [5.41, 5.74) is 5.39. The molecule has 0 aromatic carbocycles. The third kappa shape index (κ3) is 61.4. The molecule has 3 N–H and O–H groups in total. The second-order valence-electron chi connectivity index (χ2n) is 22.3. The molecular formula is C66H126NO8P. The van der Waals surface area contributed by atoms with Crippen LogP contribution in [0.25, 0.3) is 0 Å². The summed E-state index contributed by atoms with van der Waals surface area (Å²) in [6.45, 7) is 3.79. The van der Waals surface area contributed by atoms with Gasteiger partial charge in [0.15, 0.2) is 6.10 Å². The van der Waals surface area contributed by atoms with E-state index in [1.807, 2.05) is 0 Å². The highest BCUT2D eigenvalue weighted by molar-refractivity contribution is 7.47. The number of ether oxygens (including phenoxy) is 2. The molecule has 0 aliphatic rings. The third-order valence-corrected chi connectivity index (χ3v) is 15.8. The van der Waals surface area contributed by atoms with Gasteiger partial charge in [-0.05, 0) is 51.4 Å². The van der Waals surface area contributed by atoms with Crippen molar-refractivity contribution in [2.45, 2.75) is 347 Å². The molecule has 10 heteroatoms. The Labute approximate surface area is 471 Å². The summed E-state index contributed by atoms with van der Waals surface area (Å²) in [6.07, 6.45) is 76.7. The number of hydrogen-bond donors (Lipinski definition) is 2. The van der Waals surface area contributed by atoms with Crippen molar-refractivity contribution in [3.05, 3.63) is 36.5 Å². The molecule has 2 atom stereocenters. The lowest BCUT2D eigenvalue weighted by Crippen LogP contribution is -2.29. The normalized spacial score (nSPS) is 13.2. The number of unbranched alkanes of at least 4 members (excludes halogenated alkanes) is 44. The lowest BCUT2D eigenvalue weighted by atomic mass is 10.0. The fourth-order valence-corrected chi connectivity index (χ4v) is 10.6. The summed E-state index contributed by atoms with van der Waals surface area (Å²) in [5.74, 6) is -0.807. The summed E-state index contributed by atoms with van der Waals surface area (Å²) < 4.78 is 33.1. The third-order valence-electron chi connectivity index (χ3n) is 14.8. The molecular weight excluding hydrogens is 966 g/mol. The van der Waals surface area contributed by atoms with Gasteiger partial charge in [-0.15, -0.1) is 0 Å². The average Bonchev–Trinajstić information content (AvgIpc) is 3.41. The quantitative estimate of drug-likeness (QED) is 0.0264. The fraction of sp³-hybridized carbons (Fsp3) is 0.879. The van der Waals surface area contributed by atoms with Crippen LogP contribution in [0.4, 0.5) is 0 Å². The monoisotopic (exact) mass is 1090 g/mol. The number of nitrogens with two attached hydrogens (primary N) is 1. The van der Waals surface area contributed by atoms with Crippen LogP contribution in [0.3, 0.4) is 0 Å². The number of esters is 2. The van der Waals surface area contributed by atoms with E-state index in [9.17, 15) is 19.0 Å². The minimum absolute atomic E-state index is 0.0567. The molecule has 2 unspecified atom stereocenters. The summed E-state index contributed by atoms with van der Waals surface area (Å²) >= 11 is 0. The molecule has 0 saturated heterocycles. The van der Waals surface area contributed by atoms with Crippen molar-refractivity contribution in [3.63, 3.8) is 0 Å². The van der Waals surface area contributed by atoms with E-state index < -0.39 is 26.5 Å². The molecule has 0 heterocycles. The van der Waals surface area contributed by atoms with E-state index in [1.54, 1.807) is 0 Å².